The second-order valence-corrected chi connectivity index (χ2v) is 8.74. The number of aliphatic hydroxyl groups excluding tert-OH is 1. The van der Waals surface area contributed by atoms with Gasteiger partial charge in [-0.2, -0.15) is 18.2 Å². The minimum atomic E-state index is -4.53. The number of alkyl halides is 3. The molecule has 1 saturated heterocycles. The van der Waals surface area contributed by atoms with Gasteiger partial charge in [-0.25, -0.2) is 9.18 Å². The molecule has 0 radical (unpaired) electrons. The number of anilines is 2. The van der Waals surface area contributed by atoms with E-state index in [4.69, 9.17) is 14.6 Å². The molecule has 4 rings (SSSR count). The molecular formula is C25H28F4N4O4. The number of ether oxygens (including phenoxy) is 2. The molecule has 2 aliphatic rings. The van der Waals surface area contributed by atoms with Gasteiger partial charge < -0.3 is 29.7 Å². The summed E-state index contributed by atoms with van der Waals surface area (Å²) in [6.45, 7) is 3.32. The van der Waals surface area contributed by atoms with Gasteiger partial charge in [0.05, 0.1) is 32.1 Å². The van der Waals surface area contributed by atoms with Crippen molar-refractivity contribution in [1.82, 2.24) is 9.88 Å². The number of nitrogens with zero attached hydrogens (tertiary/aromatic N) is 3. The zero-order valence-corrected chi connectivity index (χ0v) is 20.3. The largest absolute Gasteiger partial charge is 0.475 e. The molecule has 8 nitrogen and oxygen atoms in total. The lowest BCUT2D eigenvalue weighted by atomic mass is 10.00. The van der Waals surface area contributed by atoms with Gasteiger partial charge in [0.25, 0.3) is 0 Å². The normalized spacial score (nSPS) is 16.4. The molecule has 2 N–H and O–H groups in total. The van der Waals surface area contributed by atoms with E-state index in [1.807, 2.05) is 11.0 Å². The number of aryl methyl sites for hydroxylation is 1. The fraction of sp³-hybridized carbons (Fsp3) is 0.440. The number of morpholine rings is 1. The molecule has 1 aromatic carbocycles. The van der Waals surface area contributed by atoms with Crippen LogP contribution < -0.4 is 15.0 Å². The van der Waals surface area contributed by atoms with Crippen LogP contribution in [0.1, 0.15) is 12.0 Å². The number of carbonyl (C=O) groups excluding carboxylic acids is 1. The first kappa shape index (κ1) is 26.7. The predicted octanol–water partition coefficient (Wildman–Crippen LogP) is 4.13. The summed E-state index contributed by atoms with van der Waals surface area (Å²) in [5.41, 5.74) is 0.829. The van der Waals surface area contributed by atoms with E-state index < -0.39 is 30.1 Å². The molecule has 200 valence electrons. The highest BCUT2D eigenvalue weighted by Crippen LogP contribution is 2.34. The molecule has 2 amide bonds. The lowest BCUT2D eigenvalue weighted by Crippen LogP contribution is -2.41. The van der Waals surface area contributed by atoms with Crippen LogP contribution in [0.2, 0.25) is 0 Å². The maximum atomic E-state index is 14.8. The van der Waals surface area contributed by atoms with Crippen molar-refractivity contribution in [2.45, 2.75) is 19.5 Å². The molecule has 3 heterocycles. The predicted molar refractivity (Wildman–Crippen MR) is 129 cm³/mol. The van der Waals surface area contributed by atoms with Gasteiger partial charge in [0.1, 0.15) is 18.2 Å². The van der Waals surface area contributed by atoms with Gasteiger partial charge in [0.2, 0.25) is 5.88 Å². The number of hydrogen-bond acceptors (Lipinski definition) is 6. The van der Waals surface area contributed by atoms with Crippen molar-refractivity contribution in [3.63, 3.8) is 0 Å². The third-order valence-electron chi connectivity index (χ3n) is 6.13. The number of nitrogens with one attached hydrogen (secondary N) is 1. The number of amides is 2. The Kier molecular flexibility index (Phi) is 8.18. The second kappa shape index (κ2) is 11.3. The zero-order chi connectivity index (χ0) is 26.6. The topological polar surface area (TPSA) is 87.2 Å². The van der Waals surface area contributed by atoms with Gasteiger partial charge in [-0.15, -0.1) is 0 Å². The van der Waals surface area contributed by atoms with E-state index in [1.165, 1.54) is 12.1 Å². The number of aromatic nitrogens is 1. The quantitative estimate of drug-likeness (QED) is 0.437. The van der Waals surface area contributed by atoms with Crippen molar-refractivity contribution >= 4 is 17.5 Å². The zero-order valence-electron chi connectivity index (χ0n) is 20.3. The molecule has 37 heavy (non-hydrogen) atoms. The van der Waals surface area contributed by atoms with Gasteiger partial charge in [0.15, 0.2) is 0 Å². The average molecular weight is 525 g/mol. The Morgan fingerprint density at radius 1 is 1.19 bits per heavy atom. The maximum Gasteiger partial charge on any atom is 0.414 e. The molecule has 2 aliphatic heterocycles. The summed E-state index contributed by atoms with van der Waals surface area (Å²) >= 11 is 0. The summed E-state index contributed by atoms with van der Waals surface area (Å²) < 4.78 is 65.1. The number of benzene rings is 1. The molecule has 12 heteroatoms. The van der Waals surface area contributed by atoms with Gasteiger partial charge in [0, 0.05) is 31.3 Å². The minimum absolute atomic E-state index is 0.0346. The number of halogens is 4. The third kappa shape index (κ3) is 6.50. The Hall–Kier alpha value is -3.38. The van der Waals surface area contributed by atoms with Crippen LogP contribution in [0.15, 0.2) is 35.9 Å². The summed E-state index contributed by atoms with van der Waals surface area (Å²) in [6.07, 6.45) is -3.40. The van der Waals surface area contributed by atoms with Crippen LogP contribution in [-0.4, -0.2) is 79.8 Å². The molecule has 0 spiro atoms. The van der Waals surface area contributed by atoms with Crippen molar-refractivity contribution in [2.75, 3.05) is 62.8 Å². The first-order chi connectivity index (χ1) is 17.7. The van der Waals surface area contributed by atoms with Crippen LogP contribution in [0.3, 0.4) is 0 Å². The standard InChI is InChI=1S/C25H28F4N4O4/c1-16-11-20(26)21(30-24(35)33-4-2-3-18(15-33)25(27,28)29)14-19(16)17-12-22(32-5-8-36-9-6-32)31-23(13-17)37-10-7-34/h3,11-14,34H,2,4-10,15H2,1H3,(H,30,35). The minimum Gasteiger partial charge on any atom is -0.475 e. The van der Waals surface area contributed by atoms with Gasteiger partial charge in [-0.1, -0.05) is 6.08 Å². The van der Waals surface area contributed by atoms with Gasteiger partial charge in [-0.3, -0.25) is 0 Å². The first-order valence-corrected chi connectivity index (χ1v) is 11.9. The van der Waals surface area contributed by atoms with Gasteiger partial charge >= 0.3 is 12.2 Å². The van der Waals surface area contributed by atoms with Crippen LogP contribution in [0.4, 0.5) is 33.9 Å². The fourth-order valence-corrected chi connectivity index (χ4v) is 4.22. The molecular weight excluding hydrogens is 496 g/mol. The van der Waals surface area contributed by atoms with E-state index in [-0.39, 0.29) is 37.7 Å². The summed E-state index contributed by atoms with van der Waals surface area (Å²) in [4.78, 5) is 20.3. The van der Waals surface area contributed by atoms with E-state index in [9.17, 15) is 22.4 Å². The summed E-state index contributed by atoms with van der Waals surface area (Å²) in [6, 6.07) is 5.34. The molecule has 0 bridgehead atoms. The molecule has 0 saturated carbocycles. The van der Waals surface area contributed by atoms with E-state index in [2.05, 4.69) is 10.3 Å². The molecule has 0 unspecified atom stereocenters. The Bertz CT molecular complexity index is 1170. The second-order valence-electron chi connectivity index (χ2n) is 8.74. The highest BCUT2D eigenvalue weighted by atomic mass is 19.4. The van der Waals surface area contributed by atoms with Gasteiger partial charge in [-0.05, 0) is 48.2 Å². The van der Waals surface area contributed by atoms with Crippen LogP contribution in [0, 0.1) is 12.7 Å². The third-order valence-corrected chi connectivity index (χ3v) is 6.13. The SMILES string of the molecule is Cc1cc(F)c(NC(=O)N2CCC=C(C(F)(F)F)C2)cc1-c1cc(OCCO)nc(N2CCOCC2)c1. The lowest BCUT2D eigenvalue weighted by Gasteiger charge is -2.29. The first-order valence-electron chi connectivity index (χ1n) is 11.9. The number of rotatable bonds is 6. The summed E-state index contributed by atoms with van der Waals surface area (Å²) in [7, 11) is 0. The van der Waals surface area contributed by atoms with E-state index >= 15 is 0 Å². The average Bonchev–Trinajstić information content (AvgIpc) is 2.89. The number of aliphatic hydroxyl groups is 1. The Labute approximate surface area is 211 Å². The lowest BCUT2D eigenvalue weighted by molar-refractivity contribution is -0.0959. The van der Waals surface area contributed by atoms with E-state index in [0.29, 0.717) is 48.8 Å². The summed E-state index contributed by atoms with van der Waals surface area (Å²) in [5, 5.41) is 11.6. The van der Waals surface area contributed by atoms with Crippen molar-refractivity contribution in [3.8, 4) is 17.0 Å². The Balaban J connectivity index is 1.62. The van der Waals surface area contributed by atoms with Crippen molar-refractivity contribution in [1.29, 1.82) is 0 Å². The molecule has 0 aliphatic carbocycles. The Morgan fingerprint density at radius 2 is 1.95 bits per heavy atom. The number of hydrogen-bond donors (Lipinski definition) is 2. The highest BCUT2D eigenvalue weighted by molar-refractivity contribution is 5.91. The fourth-order valence-electron chi connectivity index (χ4n) is 4.22. The molecule has 0 atom stereocenters. The highest BCUT2D eigenvalue weighted by Gasteiger charge is 2.36. The summed E-state index contributed by atoms with van der Waals surface area (Å²) in [5.74, 6) is 0.169. The van der Waals surface area contributed by atoms with E-state index in [1.54, 1.807) is 13.0 Å². The monoisotopic (exact) mass is 524 g/mol. The van der Waals surface area contributed by atoms with Crippen LogP contribution in [-0.2, 0) is 4.74 Å². The van der Waals surface area contributed by atoms with Crippen molar-refractivity contribution in [2.24, 2.45) is 0 Å². The number of carbonyl (C=O) groups is 1. The molecule has 1 aromatic heterocycles. The number of pyridine rings is 1. The van der Waals surface area contributed by atoms with Crippen LogP contribution in [0.25, 0.3) is 11.1 Å². The molecule has 2 aromatic rings. The number of urea groups is 1. The van der Waals surface area contributed by atoms with Crippen LogP contribution in [0.5, 0.6) is 5.88 Å². The smallest absolute Gasteiger partial charge is 0.414 e. The molecule has 1 fully saturated rings. The van der Waals surface area contributed by atoms with Crippen molar-refractivity contribution < 1.29 is 36.9 Å². The van der Waals surface area contributed by atoms with Crippen LogP contribution >= 0.6 is 0 Å². The Morgan fingerprint density at radius 3 is 2.65 bits per heavy atom. The van der Waals surface area contributed by atoms with E-state index in [0.717, 1.165) is 11.0 Å². The maximum absolute atomic E-state index is 14.8. The van der Waals surface area contributed by atoms with Crippen molar-refractivity contribution in [3.05, 3.63) is 47.3 Å².